The molecule has 3 heteroatoms. The summed E-state index contributed by atoms with van der Waals surface area (Å²) in [5.41, 5.74) is 1.39. The Bertz CT molecular complexity index is 371. The van der Waals surface area contributed by atoms with E-state index in [4.69, 9.17) is 4.74 Å². The average molecular weight is 208 g/mol. The van der Waals surface area contributed by atoms with E-state index < -0.39 is 0 Å². The van der Waals surface area contributed by atoms with Crippen LogP contribution in [0.3, 0.4) is 0 Å². The molecule has 0 saturated heterocycles. The SMILES string of the molecule is CC1(C)COc2cc(C(C)(C)C)nn2C1. The molecule has 15 heavy (non-hydrogen) atoms. The van der Waals surface area contributed by atoms with Crippen LogP contribution < -0.4 is 4.74 Å². The van der Waals surface area contributed by atoms with Crippen molar-refractivity contribution in [2.45, 2.75) is 46.6 Å². The maximum Gasteiger partial charge on any atom is 0.212 e. The highest BCUT2D eigenvalue weighted by Gasteiger charge is 2.29. The third-order valence-corrected chi connectivity index (χ3v) is 2.70. The molecule has 0 spiro atoms. The lowest BCUT2D eigenvalue weighted by Gasteiger charge is -2.29. The van der Waals surface area contributed by atoms with Crippen molar-refractivity contribution in [2.24, 2.45) is 5.41 Å². The summed E-state index contributed by atoms with van der Waals surface area (Å²) in [6.07, 6.45) is 0. The Labute approximate surface area is 91.4 Å². The van der Waals surface area contributed by atoms with Crippen molar-refractivity contribution in [3.8, 4) is 5.88 Å². The van der Waals surface area contributed by atoms with Gasteiger partial charge in [-0.1, -0.05) is 34.6 Å². The first kappa shape index (κ1) is 10.5. The van der Waals surface area contributed by atoms with Crippen LogP contribution in [-0.4, -0.2) is 16.4 Å². The van der Waals surface area contributed by atoms with Crippen molar-refractivity contribution >= 4 is 0 Å². The molecule has 0 N–H and O–H groups in total. The molecule has 1 aromatic rings. The Hall–Kier alpha value is -0.990. The standard InChI is InChI=1S/C12H20N2O/c1-11(2,3)9-6-10-14(13-9)7-12(4,5)8-15-10/h6H,7-8H2,1-5H3. The topological polar surface area (TPSA) is 27.1 Å². The Morgan fingerprint density at radius 2 is 2.07 bits per heavy atom. The fourth-order valence-electron chi connectivity index (χ4n) is 1.72. The van der Waals surface area contributed by atoms with Gasteiger partial charge in [0, 0.05) is 16.9 Å². The molecule has 0 unspecified atom stereocenters. The summed E-state index contributed by atoms with van der Waals surface area (Å²) in [5.74, 6) is 0.916. The lowest BCUT2D eigenvalue weighted by atomic mass is 9.92. The molecule has 0 fully saturated rings. The summed E-state index contributed by atoms with van der Waals surface area (Å²) in [7, 11) is 0. The van der Waals surface area contributed by atoms with Crippen molar-refractivity contribution in [3.05, 3.63) is 11.8 Å². The molecule has 0 aliphatic carbocycles. The fourth-order valence-corrected chi connectivity index (χ4v) is 1.72. The second-order valence-electron chi connectivity index (χ2n) is 6.23. The summed E-state index contributed by atoms with van der Waals surface area (Å²) in [5, 5.41) is 4.61. The quantitative estimate of drug-likeness (QED) is 0.655. The minimum Gasteiger partial charge on any atom is -0.477 e. The van der Waals surface area contributed by atoms with E-state index in [-0.39, 0.29) is 10.8 Å². The second kappa shape index (κ2) is 3.00. The van der Waals surface area contributed by atoms with Crippen molar-refractivity contribution in [3.63, 3.8) is 0 Å². The van der Waals surface area contributed by atoms with Crippen LogP contribution in [0.15, 0.2) is 6.07 Å². The minimum atomic E-state index is 0.0951. The monoisotopic (exact) mass is 208 g/mol. The van der Waals surface area contributed by atoms with Gasteiger partial charge in [0.2, 0.25) is 5.88 Å². The van der Waals surface area contributed by atoms with Gasteiger partial charge in [-0.25, -0.2) is 4.68 Å². The average Bonchev–Trinajstić information content (AvgIpc) is 2.43. The highest BCUT2D eigenvalue weighted by atomic mass is 16.5. The van der Waals surface area contributed by atoms with Gasteiger partial charge in [-0.3, -0.25) is 0 Å². The third-order valence-electron chi connectivity index (χ3n) is 2.70. The van der Waals surface area contributed by atoms with Gasteiger partial charge in [0.05, 0.1) is 18.8 Å². The Kier molecular flexibility index (Phi) is 2.11. The van der Waals surface area contributed by atoms with Crippen LogP contribution in [0, 0.1) is 5.41 Å². The van der Waals surface area contributed by atoms with Crippen molar-refractivity contribution in [1.29, 1.82) is 0 Å². The number of nitrogens with zero attached hydrogens (tertiary/aromatic N) is 2. The van der Waals surface area contributed by atoms with Gasteiger partial charge in [0.1, 0.15) is 0 Å². The van der Waals surface area contributed by atoms with Gasteiger partial charge in [0.15, 0.2) is 0 Å². The normalized spacial score (nSPS) is 19.5. The zero-order valence-corrected chi connectivity index (χ0v) is 10.3. The molecule has 2 rings (SSSR count). The van der Waals surface area contributed by atoms with Gasteiger partial charge < -0.3 is 4.74 Å². The predicted octanol–water partition coefficient (Wildman–Crippen LogP) is 2.60. The van der Waals surface area contributed by atoms with E-state index in [1.165, 1.54) is 0 Å². The second-order valence-corrected chi connectivity index (χ2v) is 6.23. The summed E-state index contributed by atoms with van der Waals surface area (Å²) in [6, 6.07) is 2.06. The molecule has 0 aromatic carbocycles. The first-order chi connectivity index (χ1) is 6.78. The van der Waals surface area contributed by atoms with E-state index >= 15 is 0 Å². The zero-order chi connectivity index (χ0) is 11.3. The predicted molar refractivity (Wildman–Crippen MR) is 60.2 cm³/mol. The van der Waals surface area contributed by atoms with Crippen LogP contribution in [0.2, 0.25) is 0 Å². The number of hydrogen-bond donors (Lipinski definition) is 0. The summed E-state index contributed by atoms with van der Waals surface area (Å²) >= 11 is 0. The highest BCUT2D eigenvalue weighted by molar-refractivity contribution is 5.23. The minimum absolute atomic E-state index is 0.0951. The number of ether oxygens (including phenoxy) is 1. The molecule has 1 aliphatic rings. The van der Waals surface area contributed by atoms with E-state index in [9.17, 15) is 0 Å². The molecular formula is C12H20N2O. The summed E-state index contributed by atoms with van der Waals surface area (Å²) in [6.45, 7) is 12.6. The van der Waals surface area contributed by atoms with Crippen LogP contribution >= 0.6 is 0 Å². The Morgan fingerprint density at radius 3 is 2.67 bits per heavy atom. The molecular weight excluding hydrogens is 188 g/mol. The van der Waals surface area contributed by atoms with Gasteiger partial charge in [-0.05, 0) is 0 Å². The van der Waals surface area contributed by atoms with E-state index in [1.54, 1.807) is 0 Å². The maximum atomic E-state index is 5.72. The lowest BCUT2D eigenvalue weighted by Crippen LogP contribution is -2.32. The molecule has 0 bridgehead atoms. The van der Waals surface area contributed by atoms with Crippen molar-refractivity contribution in [2.75, 3.05) is 6.61 Å². The van der Waals surface area contributed by atoms with E-state index in [0.29, 0.717) is 0 Å². The van der Waals surface area contributed by atoms with Gasteiger partial charge in [-0.2, -0.15) is 5.10 Å². The van der Waals surface area contributed by atoms with Crippen LogP contribution in [0.1, 0.15) is 40.3 Å². The van der Waals surface area contributed by atoms with Crippen LogP contribution in [0.5, 0.6) is 5.88 Å². The van der Waals surface area contributed by atoms with Crippen molar-refractivity contribution < 1.29 is 4.74 Å². The molecule has 2 heterocycles. The van der Waals surface area contributed by atoms with Crippen molar-refractivity contribution in [1.82, 2.24) is 9.78 Å². The molecule has 1 aliphatic heterocycles. The van der Waals surface area contributed by atoms with E-state index in [1.807, 2.05) is 4.68 Å². The number of hydrogen-bond acceptors (Lipinski definition) is 2. The number of fused-ring (bicyclic) bond motifs is 1. The Morgan fingerprint density at radius 1 is 1.40 bits per heavy atom. The maximum absolute atomic E-state index is 5.72. The molecule has 0 radical (unpaired) electrons. The molecule has 84 valence electrons. The molecule has 0 atom stereocenters. The Balaban J connectivity index is 2.34. The van der Waals surface area contributed by atoms with Crippen LogP contribution in [0.25, 0.3) is 0 Å². The lowest BCUT2D eigenvalue weighted by molar-refractivity contribution is 0.100. The molecule has 0 amide bonds. The first-order valence-corrected chi connectivity index (χ1v) is 5.49. The van der Waals surface area contributed by atoms with E-state index in [0.717, 1.165) is 24.7 Å². The van der Waals surface area contributed by atoms with Gasteiger partial charge in [0.25, 0.3) is 0 Å². The smallest absolute Gasteiger partial charge is 0.212 e. The number of rotatable bonds is 0. The van der Waals surface area contributed by atoms with Gasteiger partial charge >= 0.3 is 0 Å². The molecule has 3 nitrogen and oxygen atoms in total. The van der Waals surface area contributed by atoms with E-state index in [2.05, 4.69) is 45.8 Å². The first-order valence-electron chi connectivity index (χ1n) is 5.49. The fraction of sp³-hybridized carbons (Fsp3) is 0.750. The number of aromatic nitrogens is 2. The molecule has 1 aromatic heterocycles. The zero-order valence-electron chi connectivity index (χ0n) is 10.3. The summed E-state index contributed by atoms with van der Waals surface area (Å²) < 4.78 is 7.71. The highest BCUT2D eigenvalue weighted by Crippen LogP contribution is 2.32. The van der Waals surface area contributed by atoms with Crippen LogP contribution in [0.4, 0.5) is 0 Å². The largest absolute Gasteiger partial charge is 0.477 e. The van der Waals surface area contributed by atoms with Crippen LogP contribution in [-0.2, 0) is 12.0 Å². The third kappa shape index (κ3) is 2.01. The summed E-state index contributed by atoms with van der Waals surface area (Å²) in [4.78, 5) is 0. The molecule has 0 saturated carbocycles. The van der Waals surface area contributed by atoms with Gasteiger partial charge in [-0.15, -0.1) is 0 Å².